The Hall–Kier alpha value is -1.35. The molecule has 0 atom stereocenters. The van der Waals surface area contributed by atoms with Crippen molar-refractivity contribution in [1.29, 1.82) is 0 Å². The summed E-state index contributed by atoms with van der Waals surface area (Å²) >= 11 is 0. The molecule has 3 nitrogen and oxygen atoms in total. The van der Waals surface area contributed by atoms with Crippen LogP contribution in [0.25, 0.3) is 0 Å². The second-order valence-corrected chi connectivity index (χ2v) is 4.99. The van der Waals surface area contributed by atoms with Gasteiger partial charge in [-0.25, -0.2) is 0 Å². The van der Waals surface area contributed by atoms with Crippen molar-refractivity contribution in [3.63, 3.8) is 0 Å². The summed E-state index contributed by atoms with van der Waals surface area (Å²) in [6, 6.07) is 7.40. The largest absolute Gasteiger partial charge is 0.488 e. The van der Waals surface area contributed by atoms with Gasteiger partial charge in [0.1, 0.15) is 18.9 Å². The molecule has 1 fully saturated rings. The van der Waals surface area contributed by atoms with E-state index in [1.807, 2.05) is 24.3 Å². The van der Waals surface area contributed by atoms with E-state index in [1.165, 1.54) is 32.4 Å². The molecule has 1 N–H and O–H groups in total. The summed E-state index contributed by atoms with van der Waals surface area (Å²) < 4.78 is 5.71. The molecule has 1 heterocycles. The molecule has 1 aliphatic heterocycles. The Labute approximate surface area is 109 Å². The van der Waals surface area contributed by atoms with E-state index in [4.69, 9.17) is 4.74 Å². The monoisotopic (exact) mass is 248 g/mol. The van der Waals surface area contributed by atoms with Gasteiger partial charge in [0.25, 0.3) is 0 Å². The smallest absolute Gasteiger partial charge is 0.159 e. The minimum Gasteiger partial charge on any atom is -0.488 e. The second kappa shape index (κ2) is 6.55. The average molecular weight is 248 g/mol. The Morgan fingerprint density at radius 1 is 1.17 bits per heavy atom. The lowest BCUT2D eigenvalue weighted by Gasteiger charge is -2.23. The maximum Gasteiger partial charge on any atom is 0.159 e. The number of nitrogens with one attached hydrogen (secondary N) is 1. The van der Waals surface area contributed by atoms with Gasteiger partial charge in [-0.3, -0.25) is 4.79 Å². The molecule has 0 saturated carbocycles. The highest BCUT2D eigenvalue weighted by atomic mass is 16.5. The third-order valence-electron chi connectivity index (χ3n) is 3.55. The second-order valence-electron chi connectivity index (χ2n) is 4.99. The van der Waals surface area contributed by atoms with Crippen LogP contribution in [0.4, 0.5) is 0 Å². The number of benzene rings is 1. The molecule has 1 saturated heterocycles. The van der Waals surface area contributed by atoms with Gasteiger partial charge < -0.3 is 9.64 Å². The molecule has 0 amide bonds. The van der Waals surface area contributed by atoms with Crippen molar-refractivity contribution >= 4 is 5.78 Å². The predicted molar refractivity (Wildman–Crippen MR) is 71.4 cm³/mol. The number of carbonyl (C=O) groups is 1. The van der Waals surface area contributed by atoms with E-state index >= 15 is 0 Å². The molecule has 18 heavy (non-hydrogen) atoms. The lowest BCUT2D eigenvalue weighted by atomic mass is 10.1. The Kier molecular flexibility index (Phi) is 4.76. The van der Waals surface area contributed by atoms with E-state index in [1.54, 1.807) is 11.8 Å². The summed E-state index contributed by atoms with van der Waals surface area (Å²) in [7, 11) is 0. The standard InChI is InChI=1S/C15H21NO2/c1-13(17)14-5-7-15(8-6-14)18-12-11-16-9-3-2-4-10-16/h5-8H,2-4,9-12H2,1H3/p+1. The van der Waals surface area contributed by atoms with E-state index < -0.39 is 0 Å². The number of ketones is 1. The van der Waals surface area contributed by atoms with E-state index in [0.29, 0.717) is 0 Å². The highest BCUT2D eigenvalue weighted by Gasteiger charge is 2.12. The molecule has 1 aliphatic rings. The molecule has 1 aromatic rings. The SMILES string of the molecule is CC(=O)c1ccc(OCC[NH+]2CCCCC2)cc1. The van der Waals surface area contributed by atoms with Gasteiger partial charge in [0.05, 0.1) is 13.1 Å². The molecule has 0 bridgehead atoms. The van der Waals surface area contributed by atoms with Crippen molar-refractivity contribution < 1.29 is 14.4 Å². The maximum atomic E-state index is 11.1. The quantitative estimate of drug-likeness (QED) is 0.797. The van der Waals surface area contributed by atoms with Gasteiger partial charge in [0.15, 0.2) is 5.78 Å². The minimum atomic E-state index is 0.0966. The number of carbonyl (C=O) groups excluding carboxylic acids is 1. The third-order valence-corrected chi connectivity index (χ3v) is 3.55. The fourth-order valence-corrected chi connectivity index (χ4v) is 2.40. The number of ether oxygens (including phenoxy) is 1. The molecule has 3 heteroatoms. The number of Topliss-reactive ketones (excluding diaryl/α,β-unsaturated/α-hetero) is 1. The van der Waals surface area contributed by atoms with Crippen molar-refractivity contribution in [3.05, 3.63) is 29.8 Å². The van der Waals surface area contributed by atoms with Gasteiger partial charge in [0, 0.05) is 5.56 Å². The van der Waals surface area contributed by atoms with Crippen LogP contribution < -0.4 is 9.64 Å². The van der Waals surface area contributed by atoms with Crippen LogP contribution >= 0.6 is 0 Å². The molecule has 98 valence electrons. The van der Waals surface area contributed by atoms with E-state index in [9.17, 15) is 4.79 Å². The van der Waals surface area contributed by atoms with Gasteiger partial charge in [0.2, 0.25) is 0 Å². The third kappa shape index (κ3) is 3.84. The summed E-state index contributed by atoms with van der Waals surface area (Å²) in [6.45, 7) is 5.98. The number of likely N-dealkylation sites (tertiary alicyclic amines) is 1. The summed E-state index contributed by atoms with van der Waals surface area (Å²) in [6.07, 6.45) is 4.09. The Morgan fingerprint density at radius 3 is 2.44 bits per heavy atom. The van der Waals surface area contributed by atoms with Crippen molar-refractivity contribution in [1.82, 2.24) is 0 Å². The Balaban J connectivity index is 1.74. The van der Waals surface area contributed by atoms with Crippen LogP contribution in [-0.4, -0.2) is 32.0 Å². The lowest BCUT2D eigenvalue weighted by Crippen LogP contribution is -3.13. The summed E-state index contributed by atoms with van der Waals surface area (Å²) in [5.41, 5.74) is 0.740. The predicted octanol–water partition coefficient (Wildman–Crippen LogP) is 1.34. The fourth-order valence-electron chi connectivity index (χ4n) is 2.40. The molecule has 0 aromatic heterocycles. The molecular formula is C15H22NO2+. The van der Waals surface area contributed by atoms with Crippen LogP contribution in [0, 0.1) is 0 Å². The van der Waals surface area contributed by atoms with Crippen LogP contribution in [0.5, 0.6) is 5.75 Å². The Bertz CT molecular complexity index is 380. The fraction of sp³-hybridized carbons (Fsp3) is 0.533. The van der Waals surface area contributed by atoms with Crippen molar-refractivity contribution in [2.75, 3.05) is 26.2 Å². The zero-order valence-electron chi connectivity index (χ0n) is 11.1. The number of hydrogen-bond acceptors (Lipinski definition) is 2. The van der Waals surface area contributed by atoms with Crippen LogP contribution in [-0.2, 0) is 0 Å². The topological polar surface area (TPSA) is 30.7 Å². The average Bonchev–Trinajstić information content (AvgIpc) is 2.40. The maximum absolute atomic E-state index is 11.1. The van der Waals surface area contributed by atoms with E-state index in [2.05, 4.69) is 0 Å². The molecule has 0 spiro atoms. The highest BCUT2D eigenvalue weighted by Crippen LogP contribution is 2.12. The van der Waals surface area contributed by atoms with Gasteiger partial charge in [-0.05, 0) is 50.5 Å². The van der Waals surface area contributed by atoms with Gasteiger partial charge >= 0.3 is 0 Å². The molecule has 2 rings (SSSR count). The van der Waals surface area contributed by atoms with Gasteiger partial charge in [-0.1, -0.05) is 0 Å². The summed E-state index contributed by atoms with van der Waals surface area (Å²) in [4.78, 5) is 12.8. The van der Waals surface area contributed by atoms with Crippen molar-refractivity contribution in [2.24, 2.45) is 0 Å². The van der Waals surface area contributed by atoms with Crippen molar-refractivity contribution in [2.45, 2.75) is 26.2 Å². The molecule has 0 unspecified atom stereocenters. The molecule has 1 aromatic carbocycles. The summed E-state index contributed by atoms with van der Waals surface area (Å²) in [5, 5.41) is 0. The van der Waals surface area contributed by atoms with Crippen LogP contribution in [0.2, 0.25) is 0 Å². The summed E-state index contributed by atoms with van der Waals surface area (Å²) in [5.74, 6) is 0.954. The number of hydrogen-bond donors (Lipinski definition) is 1. The first-order valence-corrected chi connectivity index (χ1v) is 6.83. The van der Waals surface area contributed by atoms with Crippen LogP contribution in [0.1, 0.15) is 36.5 Å². The van der Waals surface area contributed by atoms with Crippen molar-refractivity contribution in [3.8, 4) is 5.75 Å². The first kappa shape index (κ1) is 13.1. The number of quaternary nitrogens is 1. The number of piperidine rings is 1. The van der Waals surface area contributed by atoms with Gasteiger partial charge in [-0.15, -0.1) is 0 Å². The zero-order valence-corrected chi connectivity index (χ0v) is 11.1. The molecular weight excluding hydrogens is 226 g/mol. The minimum absolute atomic E-state index is 0.0966. The Morgan fingerprint density at radius 2 is 1.83 bits per heavy atom. The first-order chi connectivity index (χ1) is 8.75. The molecule has 0 radical (unpaired) electrons. The number of rotatable bonds is 5. The van der Waals surface area contributed by atoms with E-state index in [0.717, 1.165) is 24.5 Å². The lowest BCUT2D eigenvalue weighted by molar-refractivity contribution is -0.904. The molecule has 0 aliphatic carbocycles. The zero-order chi connectivity index (χ0) is 12.8. The first-order valence-electron chi connectivity index (χ1n) is 6.83. The van der Waals surface area contributed by atoms with E-state index in [-0.39, 0.29) is 5.78 Å². The van der Waals surface area contributed by atoms with Crippen LogP contribution in [0.3, 0.4) is 0 Å². The van der Waals surface area contributed by atoms with Gasteiger partial charge in [-0.2, -0.15) is 0 Å². The van der Waals surface area contributed by atoms with Crippen LogP contribution in [0.15, 0.2) is 24.3 Å². The normalized spacial score (nSPS) is 16.5. The highest BCUT2D eigenvalue weighted by molar-refractivity contribution is 5.94.